The highest BCUT2D eigenvalue weighted by Gasteiger charge is 2.28. The number of aliphatic carboxylic acids is 1. The SMILES string of the molecule is CCCOc1cccc(CC(=O)N2CCSCC2CC(=O)O)c1. The largest absolute Gasteiger partial charge is 0.494 e. The van der Waals surface area contributed by atoms with Crippen molar-refractivity contribution in [1.29, 1.82) is 0 Å². The van der Waals surface area contributed by atoms with E-state index in [9.17, 15) is 9.59 Å². The maximum absolute atomic E-state index is 12.6. The first-order valence-corrected chi connectivity index (χ1v) is 9.06. The standard InChI is InChI=1S/C17H23NO4S/c1-2-7-22-15-5-3-4-13(9-15)10-16(19)18-6-8-23-12-14(18)11-17(20)21/h3-5,9,14H,2,6-8,10-12H2,1H3,(H,20,21). The zero-order valence-corrected chi connectivity index (χ0v) is 14.2. The van der Waals surface area contributed by atoms with E-state index in [1.807, 2.05) is 31.2 Å². The number of hydrogen-bond donors (Lipinski definition) is 1. The van der Waals surface area contributed by atoms with Crippen LogP contribution in [0.3, 0.4) is 0 Å². The zero-order valence-electron chi connectivity index (χ0n) is 13.4. The maximum Gasteiger partial charge on any atom is 0.305 e. The summed E-state index contributed by atoms with van der Waals surface area (Å²) < 4.78 is 5.59. The average molecular weight is 337 g/mol. The number of carboxylic acid groups (broad SMARTS) is 1. The number of carboxylic acids is 1. The summed E-state index contributed by atoms with van der Waals surface area (Å²) in [6, 6.07) is 7.35. The van der Waals surface area contributed by atoms with Crippen LogP contribution in [0.2, 0.25) is 0 Å². The smallest absolute Gasteiger partial charge is 0.305 e. The van der Waals surface area contributed by atoms with E-state index in [0.717, 1.165) is 23.5 Å². The molecular weight excluding hydrogens is 314 g/mol. The van der Waals surface area contributed by atoms with Crippen LogP contribution in [0.5, 0.6) is 5.75 Å². The molecule has 1 atom stereocenters. The molecule has 5 nitrogen and oxygen atoms in total. The van der Waals surface area contributed by atoms with E-state index in [2.05, 4.69) is 0 Å². The first-order chi connectivity index (χ1) is 11.1. The molecule has 1 aliphatic heterocycles. The summed E-state index contributed by atoms with van der Waals surface area (Å²) in [6.45, 7) is 3.32. The fourth-order valence-electron chi connectivity index (χ4n) is 2.60. The maximum atomic E-state index is 12.6. The van der Waals surface area contributed by atoms with Crippen molar-refractivity contribution in [2.45, 2.75) is 32.2 Å². The molecule has 1 saturated heterocycles. The molecule has 1 unspecified atom stereocenters. The average Bonchev–Trinajstić information content (AvgIpc) is 2.53. The van der Waals surface area contributed by atoms with Gasteiger partial charge in [0.25, 0.3) is 0 Å². The molecule has 0 radical (unpaired) electrons. The van der Waals surface area contributed by atoms with Crippen LogP contribution in [-0.2, 0) is 16.0 Å². The van der Waals surface area contributed by atoms with Crippen LogP contribution in [0.25, 0.3) is 0 Å². The Morgan fingerprint density at radius 1 is 1.43 bits per heavy atom. The van der Waals surface area contributed by atoms with Gasteiger partial charge in [0.1, 0.15) is 5.75 Å². The molecule has 1 aliphatic rings. The van der Waals surface area contributed by atoms with Crippen LogP contribution in [0, 0.1) is 0 Å². The molecule has 1 fully saturated rings. The lowest BCUT2D eigenvalue weighted by Gasteiger charge is -2.34. The van der Waals surface area contributed by atoms with Gasteiger partial charge in [-0.1, -0.05) is 19.1 Å². The molecule has 1 aromatic rings. The Morgan fingerprint density at radius 2 is 2.26 bits per heavy atom. The minimum Gasteiger partial charge on any atom is -0.494 e. The summed E-state index contributed by atoms with van der Waals surface area (Å²) in [5.74, 6) is 1.46. The number of amides is 1. The fraction of sp³-hybridized carbons (Fsp3) is 0.529. The van der Waals surface area contributed by atoms with Gasteiger partial charge in [0, 0.05) is 18.1 Å². The van der Waals surface area contributed by atoms with Crippen LogP contribution in [0.1, 0.15) is 25.3 Å². The minimum absolute atomic E-state index is 0.0100. The van der Waals surface area contributed by atoms with Crippen LogP contribution in [-0.4, -0.2) is 52.6 Å². The Labute approximate surface area is 141 Å². The predicted octanol–water partition coefficient (Wildman–Crippen LogP) is 2.44. The van der Waals surface area contributed by atoms with Crippen molar-refractivity contribution < 1.29 is 19.4 Å². The van der Waals surface area contributed by atoms with Crippen LogP contribution >= 0.6 is 11.8 Å². The van der Waals surface area contributed by atoms with Gasteiger partial charge < -0.3 is 14.7 Å². The highest BCUT2D eigenvalue weighted by atomic mass is 32.2. The Kier molecular flexibility index (Phi) is 6.77. The van der Waals surface area contributed by atoms with Crippen molar-refractivity contribution in [1.82, 2.24) is 4.90 Å². The topological polar surface area (TPSA) is 66.8 Å². The van der Waals surface area contributed by atoms with Gasteiger partial charge in [-0.2, -0.15) is 11.8 Å². The van der Waals surface area contributed by atoms with Gasteiger partial charge >= 0.3 is 5.97 Å². The summed E-state index contributed by atoms with van der Waals surface area (Å²) in [4.78, 5) is 25.3. The first kappa shape index (κ1) is 17.7. The summed E-state index contributed by atoms with van der Waals surface area (Å²) >= 11 is 1.71. The van der Waals surface area contributed by atoms with E-state index in [0.29, 0.717) is 18.9 Å². The second-order valence-corrected chi connectivity index (χ2v) is 6.74. The van der Waals surface area contributed by atoms with Gasteiger partial charge in [0.05, 0.1) is 25.5 Å². The number of nitrogens with zero attached hydrogens (tertiary/aromatic N) is 1. The van der Waals surface area contributed by atoms with Crippen molar-refractivity contribution in [2.75, 3.05) is 24.7 Å². The fourth-order valence-corrected chi connectivity index (χ4v) is 3.66. The normalized spacial score (nSPS) is 17.8. The molecule has 1 aromatic carbocycles. The van der Waals surface area contributed by atoms with Crippen LogP contribution < -0.4 is 4.74 Å². The molecule has 1 N–H and O–H groups in total. The third-order valence-electron chi connectivity index (χ3n) is 3.68. The van der Waals surface area contributed by atoms with Crippen molar-refractivity contribution >= 4 is 23.6 Å². The first-order valence-electron chi connectivity index (χ1n) is 7.91. The Bertz CT molecular complexity index is 549. The molecule has 0 aliphatic carbocycles. The molecule has 0 aromatic heterocycles. The molecule has 1 heterocycles. The van der Waals surface area contributed by atoms with Crippen molar-refractivity contribution in [3.63, 3.8) is 0 Å². The highest BCUT2D eigenvalue weighted by molar-refractivity contribution is 7.99. The molecule has 6 heteroatoms. The van der Waals surface area contributed by atoms with Gasteiger partial charge in [-0.3, -0.25) is 9.59 Å². The number of rotatable bonds is 7. The third-order valence-corrected chi connectivity index (χ3v) is 4.78. The molecule has 0 bridgehead atoms. The van der Waals surface area contributed by atoms with Gasteiger partial charge in [0.2, 0.25) is 5.91 Å². The van der Waals surface area contributed by atoms with Crippen molar-refractivity contribution in [2.24, 2.45) is 0 Å². The van der Waals surface area contributed by atoms with E-state index in [4.69, 9.17) is 9.84 Å². The minimum atomic E-state index is -0.856. The van der Waals surface area contributed by atoms with Gasteiger partial charge in [-0.15, -0.1) is 0 Å². The number of hydrogen-bond acceptors (Lipinski definition) is 4. The lowest BCUT2D eigenvalue weighted by atomic mass is 10.1. The van der Waals surface area contributed by atoms with E-state index in [1.165, 1.54) is 0 Å². The number of carbonyl (C=O) groups excluding carboxylic acids is 1. The van der Waals surface area contributed by atoms with E-state index in [1.54, 1.807) is 16.7 Å². The predicted molar refractivity (Wildman–Crippen MR) is 91.0 cm³/mol. The van der Waals surface area contributed by atoms with Gasteiger partial charge in [0.15, 0.2) is 0 Å². The quantitative estimate of drug-likeness (QED) is 0.828. The highest BCUT2D eigenvalue weighted by Crippen LogP contribution is 2.21. The van der Waals surface area contributed by atoms with Gasteiger partial charge in [-0.25, -0.2) is 0 Å². The zero-order chi connectivity index (χ0) is 16.7. The van der Waals surface area contributed by atoms with E-state index in [-0.39, 0.29) is 24.8 Å². The van der Waals surface area contributed by atoms with E-state index < -0.39 is 5.97 Å². The number of benzene rings is 1. The molecule has 0 spiro atoms. The second kappa shape index (κ2) is 8.82. The number of thioether (sulfide) groups is 1. The molecule has 1 amide bonds. The molecule has 126 valence electrons. The summed E-state index contributed by atoms with van der Waals surface area (Å²) in [5, 5.41) is 9.01. The summed E-state index contributed by atoms with van der Waals surface area (Å²) in [5.41, 5.74) is 0.899. The summed E-state index contributed by atoms with van der Waals surface area (Å²) in [7, 11) is 0. The third kappa shape index (κ3) is 5.46. The molecule has 0 saturated carbocycles. The van der Waals surface area contributed by atoms with Crippen LogP contribution in [0.4, 0.5) is 0 Å². The van der Waals surface area contributed by atoms with Gasteiger partial charge in [-0.05, 0) is 24.1 Å². The Balaban J connectivity index is 2.00. The lowest BCUT2D eigenvalue weighted by molar-refractivity contribution is -0.140. The molecule has 2 rings (SSSR count). The monoisotopic (exact) mass is 337 g/mol. The van der Waals surface area contributed by atoms with E-state index >= 15 is 0 Å². The molecular formula is C17H23NO4S. The second-order valence-electron chi connectivity index (χ2n) is 5.59. The molecule has 23 heavy (non-hydrogen) atoms. The lowest BCUT2D eigenvalue weighted by Crippen LogP contribution is -2.47. The number of ether oxygens (including phenoxy) is 1. The van der Waals surface area contributed by atoms with Crippen molar-refractivity contribution in [3.8, 4) is 5.75 Å². The van der Waals surface area contributed by atoms with Crippen molar-refractivity contribution in [3.05, 3.63) is 29.8 Å². The Hall–Kier alpha value is -1.69. The Morgan fingerprint density at radius 3 is 3.00 bits per heavy atom. The summed E-state index contributed by atoms with van der Waals surface area (Å²) in [6.07, 6.45) is 1.23. The number of carbonyl (C=O) groups is 2. The van der Waals surface area contributed by atoms with Crippen LogP contribution in [0.15, 0.2) is 24.3 Å².